The Kier molecular flexibility index (Phi) is 5.49. The van der Waals surface area contributed by atoms with E-state index in [-0.39, 0.29) is 23.4 Å². The first kappa shape index (κ1) is 16.4. The van der Waals surface area contributed by atoms with Crippen LogP contribution in [0.4, 0.5) is 4.39 Å². The number of hydrogen-bond donors (Lipinski definition) is 3. The third kappa shape index (κ3) is 4.04. The van der Waals surface area contributed by atoms with E-state index in [1.54, 1.807) is 6.07 Å². The number of rotatable bonds is 5. The number of carbonyl (C=O) groups excluding carboxylic acids is 2. The molecule has 2 unspecified atom stereocenters. The van der Waals surface area contributed by atoms with Crippen LogP contribution in [0.25, 0.3) is 0 Å². The van der Waals surface area contributed by atoms with Crippen LogP contribution in [0.5, 0.6) is 0 Å². The lowest BCUT2D eigenvalue weighted by atomic mass is 10.0. The van der Waals surface area contributed by atoms with Crippen molar-refractivity contribution in [3.05, 3.63) is 35.6 Å². The molecule has 3 N–H and O–H groups in total. The molecule has 2 amide bonds. The molecular formula is C16H22FN3O2. The Morgan fingerprint density at radius 1 is 1.32 bits per heavy atom. The quantitative estimate of drug-likeness (QED) is 0.762. The SMILES string of the molecule is CC(C)C(NC(=O)c1ccccc1F)C(=O)NC1CCNC1. The molecule has 6 heteroatoms. The summed E-state index contributed by atoms with van der Waals surface area (Å²) in [7, 11) is 0. The number of nitrogens with one attached hydrogen (secondary N) is 3. The minimum Gasteiger partial charge on any atom is -0.350 e. The maximum atomic E-state index is 13.7. The molecule has 1 heterocycles. The zero-order valence-electron chi connectivity index (χ0n) is 12.9. The molecule has 1 aliphatic heterocycles. The van der Waals surface area contributed by atoms with Crippen LogP contribution >= 0.6 is 0 Å². The van der Waals surface area contributed by atoms with Crippen LogP contribution in [0.15, 0.2) is 24.3 Å². The molecule has 1 aromatic rings. The average Bonchev–Trinajstić information content (AvgIpc) is 2.97. The lowest BCUT2D eigenvalue weighted by Gasteiger charge is -2.23. The van der Waals surface area contributed by atoms with Gasteiger partial charge in [0.15, 0.2) is 0 Å². The van der Waals surface area contributed by atoms with Crippen molar-refractivity contribution in [3.8, 4) is 0 Å². The molecule has 1 saturated heterocycles. The smallest absolute Gasteiger partial charge is 0.254 e. The lowest BCUT2D eigenvalue weighted by molar-refractivity contribution is -0.124. The Labute approximate surface area is 129 Å². The van der Waals surface area contributed by atoms with E-state index in [1.807, 2.05) is 13.8 Å². The first-order chi connectivity index (χ1) is 10.5. The molecule has 1 aromatic carbocycles. The van der Waals surface area contributed by atoms with Crippen LogP contribution in [0.1, 0.15) is 30.6 Å². The van der Waals surface area contributed by atoms with Crippen LogP contribution in [0.2, 0.25) is 0 Å². The summed E-state index contributed by atoms with van der Waals surface area (Å²) in [5.74, 6) is -1.49. The van der Waals surface area contributed by atoms with Gasteiger partial charge in [-0.2, -0.15) is 0 Å². The molecular weight excluding hydrogens is 285 g/mol. The van der Waals surface area contributed by atoms with E-state index in [0.717, 1.165) is 19.5 Å². The summed E-state index contributed by atoms with van der Waals surface area (Å²) in [6, 6.07) is 5.13. The van der Waals surface area contributed by atoms with Crippen molar-refractivity contribution in [1.82, 2.24) is 16.0 Å². The molecule has 0 aromatic heterocycles. The minimum atomic E-state index is -0.687. The second-order valence-corrected chi connectivity index (χ2v) is 5.87. The second kappa shape index (κ2) is 7.35. The number of hydrogen-bond acceptors (Lipinski definition) is 3. The topological polar surface area (TPSA) is 70.2 Å². The van der Waals surface area contributed by atoms with Gasteiger partial charge < -0.3 is 16.0 Å². The molecule has 0 bridgehead atoms. The van der Waals surface area contributed by atoms with Crippen LogP contribution in [-0.2, 0) is 4.79 Å². The molecule has 2 rings (SSSR count). The van der Waals surface area contributed by atoms with Gasteiger partial charge in [-0.1, -0.05) is 26.0 Å². The van der Waals surface area contributed by atoms with E-state index in [2.05, 4.69) is 16.0 Å². The van der Waals surface area contributed by atoms with E-state index >= 15 is 0 Å². The van der Waals surface area contributed by atoms with Gasteiger partial charge in [0, 0.05) is 12.6 Å². The summed E-state index contributed by atoms with van der Waals surface area (Å²) in [6.07, 6.45) is 0.873. The Balaban J connectivity index is 2.03. The molecule has 120 valence electrons. The number of amides is 2. The summed E-state index contributed by atoms with van der Waals surface area (Å²) in [5.41, 5.74) is -0.0523. The Hall–Kier alpha value is -1.95. The minimum absolute atomic E-state index is 0.0523. The Bertz CT molecular complexity index is 542. The average molecular weight is 307 g/mol. The van der Waals surface area contributed by atoms with Gasteiger partial charge in [-0.25, -0.2) is 4.39 Å². The highest BCUT2D eigenvalue weighted by atomic mass is 19.1. The van der Waals surface area contributed by atoms with Crippen molar-refractivity contribution in [2.45, 2.75) is 32.4 Å². The highest BCUT2D eigenvalue weighted by molar-refractivity contribution is 5.97. The molecule has 2 atom stereocenters. The van der Waals surface area contributed by atoms with E-state index in [4.69, 9.17) is 0 Å². The first-order valence-corrected chi connectivity index (χ1v) is 7.55. The van der Waals surface area contributed by atoms with Crippen LogP contribution in [-0.4, -0.2) is 37.0 Å². The summed E-state index contributed by atoms with van der Waals surface area (Å²) in [6.45, 7) is 5.30. The fourth-order valence-corrected chi connectivity index (χ4v) is 2.47. The van der Waals surface area contributed by atoms with Gasteiger partial charge in [-0.15, -0.1) is 0 Å². The van der Waals surface area contributed by atoms with Crippen molar-refractivity contribution in [3.63, 3.8) is 0 Å². The number of benzene rings is 1. The van der Waals surface area contributed by atoms with Crippen molar-refractivity contribution in [2.24, 2.45) is 5.92 Å². The number of carbonyl (C=O) groups is 2. The molecule has 0 radical (unpaired) electrons. The zero-order valence-corrected chi connectivity index (χ0v) is 12.9. The molecule has 5 nitrogen and oxygen atoms in total. The molecule has 0 spiro atoms. The summed E-state index contributed by atoms with van der Waals surface area (Å²) >= 11 is 0. The fourth-order valence-electron chi connectivity index (χ4n) is 2.47. The third-order valence-electron chi connectivity index (χ3n) is 3.76. The largest absolute Gasteiger partial charge is 0.350 e. The van der Waals surface area contributed by atoms with Crippen molar-refractivity contribution < 1.29 is 14.0 Å². The van der Waals surface area contributed by atoms with Crippen molar-refractivity contribution in [2.75, 3.05) is 13.1 Å². The summed E-state index contributed by atoms with van der Waals surface area (Å²) < 4.78 is 13.7. The van der Waals surface area contributed by atoms with Gasteiger partial charge in [-0.05, 0) is 31.0 Å². The third-order valence-corrected chi connectivity index (χ3v) is 3.76. The van der Waals surface area contributed by atoms with Gasteiger partial charge in [0.05, 0.1) is 5.56 Å². The zero-order chi connectivity index (χ0) is 16.1. The number of halogens is 1. The summed E-state index contributed by atoms with van der Waals surface area (Å²) in [5, 5.41) is 8.73. The Morgan fingerprint density at radius 2 is 2.05 bits per heavy atom. The summed E-state index contributed by atoms with van der Waals surface area (Å²) in [4.78, 5) is 24.5. The molecule has 0 aliphatic carbocycles. The first-order valence-electron chi connectivity index (χ1n) is 7.55. The van der Waals surface area contributed by atoms with Crippen LogP contribution in [0.3, 0.4) is 0 Å². The molecule has 1 fully saturated rings. The standard InChI is InChI=1S/C16H22FN3O2/c1-10(2)14(16(22)19-11-7-8-18-9-11)20-15(21)12-5-3-4-6-13(12)17/h3-6,10-11,14,18H,7-9H2,1-2H3,(H,19,22)(H,20,21). The highest BCUT2D eigenvalue weighted by Gasteiger charge is 2.28. The van der Waals surface area contributed by atoms with Gasteiger partial charge >= 0.3 is 0 Å². The van der Waals surface area contributed by atoms with Crippen LogP contribution < -0.4 is 16.0 Å². The Morgan fingerprint density at radius 3 is 2.64 bits per heavy atom. The highest BCUT2D eigenvalue weighted by Crippen LogP contribution is 2.09. The monoisotopic (exact) mass is 307 g/mol. The van der Waals surface area contributed by atoms with E-state index in [9.17, 15) is 14.0 Å². The maximum Gasteiger partial charge on any atom is 0.254 e. The predicted octanol–water partition coefficient (Wildman–Crippen LogP) is 1.06. The van der Waals surface area contributed by atoms with Gasteiger partial charge in [0.1, 0.15) is 11.9 Å². The second-order valence-electron chi connectivity index (χ2n) is 5.87. The lowest BCUT2D eigenvalue weighted by Crippen LogP contribution is -2.52. The normalized spacial score (nSPS) is 19.0. The predicted molar refractivity (Wildman–Crippen MR) is 81.9 cm³/mol. The van der Waals surface area contributed by atoms with Crippen molar-refractivity contribution in [1.29, 1.82) is 0 Å². The molecule has 1 aliphatic rings. The van der Waals surface area contributed by atoms with Crippen molar-refractivity contribution >= 4 is 11.8 Å². The van der Waals surface area contributed by atoms with E-state index in [0.29, 0.717) is 0 Å². The van der Waals surface area contributed by atoms with Gasteiger partial charge in [0.25, 0.3) is 5.91 Å². The molecule has 0 saturated carbocycles. The van der Waals surface area contributed by atoms with Gasteiger partial charge in [-0.3, -0.25) is 9.59 Å². The maximum absolute atomic E-state index is 13.7. The van der Waals surface area contributed by atoms with E-state index in [1.165, 1.54) is 18.2 Å². The van der Waals surface area contributed by atoms with Gasteiger partial charge in [0.2, 0.25) is 5.91 Å². The fraction of sp³-hybridized carbons (Fsp3) is 0.500. The van der Waals surface area contributed by atoms with E-state index < -0.39 is 17.8 Å². The van der Waals surface area contributed by atoms with Crippen LogP contribution in [0, 0.1) is 11.7 Å². The molecule has 22 heavy (non-hydrogen) atoms.